The van der Waals surface area contributed by atoms with Crippen LogP contribution in [0, 0.1) is 0 Å². The number of nitrogens with one attached hydrogen (secondary N) is 1. The van der Waals surface area contributed by atoms with Crippen LogP contribution in [0.4, 0.5) is 0 Å². The first-order chi connectivity index (χ1) is 8.16. The summed E-state index contributed by atoms with van der Waals surface area (Å²) < 4.78 is 0. The van der Waals surface area contributed by atoms with Gasteiger partial charge in [-0.05, 0) is 31.3 Å². The molecule has 0 aromatic carbocycles. The number of nitrogens with zero attached hydrogens (tertiary/aromatic N) is 1. The first kappa shape index (κ1) is 12.9. The minimum absolute atomic E-state index is 0.0648. The summed E-state index contributed by atoms with van der Waals surface area (Å²) in [6.45, 7) is 1.87. The molecule has 0 spiro atoms. The van der Waals surface area contributed by atoms with Gasteiger partial charge in [-0.15, -0.1) is 11.3 Å². The molecule has 0 saturated carbocycles. The van der Waals surface area contributed by atoms with Crippen molar-refractivity contribution in [1.82, 2.24) is 10.3 Å². The second kappa shape index (κ2) is 5.84. The molecule has 1 aliphatic rings. The van der Waals surface area contributed by atoms with E-state index in [0.29, 0.717) is 11.7 Å². The zero-order valence-electron chi connectivity index (χ0n) is 9.81. The van der Waals surface area contributed by atoms with Crippen LogP contribution in [0.3, 0.4) is 0 Å². The minimum Gasteiger partial charge on any atom is -0.348 e. The highest BCUT2D eigenvalue weighted by molar-refractivity contribution is 7.99. The van der Waals surface area contributed by atoms with E-state index >= 15 is 0 Å². The molecule has 0 aliphatic carbocycles. The fourth-order valence-corrected chi connectivity index (χ4v) is 3.57. The fourth-order valence-electron chi connectivity index (χ4n) is 1.70. The first-order valence-corrected chi connectivity index (χ1v) is 7.80. The Bertz CT molecular complexity index is 386. The standard InChI is InChI=1S/C11H17N3OS2/c1-7(12)11-14-9(6-17-11)10(15)13-8-2-4-16-5-3-8/h6-8H,2-5,12H2,1H3,(H,13,15). The van der Waals surface area contributed by atoms with E-state index in [4.69, 9.17) is 5.73 Å². The SMILES string of the molecule is CC(N)c1nc(C(=O)NC2CCSCC2)cs1. The lowest BCUT2D eigenvalue weighted by atomic mass is 10.1. The number of rotatable bonds is 3. The molecule has 0 radical (unpaired) electrons. The maximum atomic E-state index is 11.9. The van der Waals surface area contributed by atoms with Crippen LogP contribution in [0.5, 0.6) is 0 Å². The second-order valence-corrected chi connectivity index (χ2v) is 6.33. The number of carbonyl (C=O) groups is 1. The average Bonchev–Trinajstić information content (AvgIpc) is 2.79. The molecule has 17 heavy (non-hydrogen) atoms. The number of aromatic nitrogens is 1. The van der Waals surface area contributed by atoms with Crippen molar-refractivity contribution in [3.05, 3.63) is 16.1 Å². The van der Waals surface area contributed by atoms with E-state index in [1.54, 1.807) is 5.38 Å². The number of hydrogen-bond acceptors (Lipinski definition) is 5. The monoisotopic (exact) mass is 271 g/mol. The third kappa shape index (κ3) is 3.43. The molecule has 3 N–H and O–H groups in total. The lowest BCUT2D eigenvalue weighted by molar-refractivity contribution is 0.0930. The van der Waals surface area contributed by atoms with Crippen molar-refractivity contribution >= 4 is 29.0 Å². The third-order valence-corrected chi connectivity index (χ3v) is 4.80. The zero-order valence-corrected chi connectivity index (χ0v) is 11.4. The lowest BCUT2D eigenvalue weighted by Gasteiger charge is -2.21. The lowest BCUT2D eigenvalue weighted by Crippen LogP contribution is -2.37. The summed E-state index contributed by atoms with van der Waals surface area (Å²) in [5.41, 5.74) is 6.23. The number of carbonyl (C=O) groups excluding carboxylic acids is 1. The minimum atomic E-state index is -0.104. The molecule has 1 aromatic heterocycles. The summed E-state index contributed by atoms with van der Waals surface area (Å²) in [6, 6.07) is 0.205. The molecule has 0 bridgehead atoms. The van der Waals surface area contributed by atoms with Crippen LogP contribution in [0.2, 0.25) is 0 Å². The highest BCUT2D eigenvalue weighted by Gasteiger charge is 2.19. The Balaban J connectivity index is 1.94. The van der Waals surface area contributed by atoms with Gasteiger partial charge in [0.1, 0.15) is 10.7 Å². The van der Waals surface area contributed by atoms with Crippen molar-refractivity contribution in [3.8, 4) is 0 Å². The molecule has 4 nitrogen and oxygen atoms in total. The molecule has 1 aromatic rings. The van der Waals surface area contributed by atoms with Gasteiger partial charge >= 0.3 is 0 Å². The van der Waals surface area contributed by atoms with Gasteiger partial charge in [-0.3, -0.25) is 4.79 Å². The Morgan fingerprint density at radius 3 is 2.88 bits per heavy atom. The molecule has 1 saturated heterocycles. The molecule has 94 valence electrons. The molecule has 1 amide bonds. The van der Waals surface area contributed by atoms with Gasteiger partial charge in [0.25, 0.3) is 5.91 Å². The third-order valence-electron chi connectivity index (χ3n) is 2.70. The van der Waals surface area contributed by atoms with Gasteiger partial charge in [-0.2, -0.15) is 11.8 Å². The van der Waals surface area contributed by atoms with Gasteiger partial charge in [0.05, 0.1) is 6.04 Å². The molecule has 1 unspecified atom stereocenters. The summed E-state index contributed by atoms with van der Waals surface area (Å²) in [7, 11) is 0. The molecule has 2 heterocycles. The predicted molar refractivity (Wildman–Crippen MR) is 72.5 cm³/mol. The highest BCUT2D eigenvalue weighted by atomic mass is 32.2. The quantitative estimate of drug-likeness (QED) is 0.879. The fraction of sp³-hybridized carbons (Fsp3) is 0.636. The van der Waals surface area contributed by atoms with Gasteiger partial charge in [0.15, 0.2) is 0 Å². The van der Waals surface area contributed by atoms with E-state index in [9.17, 15) is 4.79 Å². The summed E-state index contributed by atoms with van der Waals surface area (Å²) in [5.74, 6) is 2.20. The summed E-state index contributed by atoms with van der Waals surface area (Å²) >= 11 is 3.40. The van der Waals surface area contributed by atoms with Gasteiger partial charge in [0.2, 0.25) is 0 Å². The topological polar surface area (TPSA) is 68.0 Å². The smallest absolute Gasteiger partial charge is 0.270 e. The van der Waals surface area contributed by atoms with Crippen LogP contribution in [-0.2, 0) is 0 Å². The van der Waals surface area contributed by atoms with Crippen molar-refractivity contribution in [2.45, 2.75) is 31.8 Å². The largest absolute Gasteiger partial charge is 0.348 e. The van der Waals surface area contributed by atoms with Crippen molar-refractivity contribution in [2.24, 2.45) is 5.73 Å². The zero-order chi connectivity index (χ0) is 12.3. The van der Waals surface area contributed by atoms with Gasteiger partial charge in [-0.1, -0.05) is 0 Å². The van der Waals surface area contributed by atoms with E-state index in [-0.39, 0.29) is 11.9 Å². The maximum Gasteiger partial charge on any atom is 0.270 e. The molecule has 2 rings (SSSR count). The molecular weight excluding hydrogens is 254 g/mol. The molecule has 1 atom stereocenters. The van der Waals surface area contributed by atoms with E-state index in [1.165, 1.54) is 11.3 Å². The number of nitrogens with two attached hydrogens (primary N) is 1. The van der Waals surface area contributed by atoms with Crippen LogP contribution >= 0.6 is 23.1 Å². The Labute approximate surface area is 109 Å². The second-order valence-electron chi connectivity index (χ2n) is 4.22. The van der Waals surface area contributed by atoms with Crippen molar-refractivity contribution in [3.63, 3.8) is 0 Å². The predicted octanol–water partition coefficient (Wildman–Crippen LogP) is 1.79. The Morgan fingerprint density at radius 2 is 2.29 bits per heavy atom. The van der Waals surface area contributed by atoms with E-state index in [2.05, 4.69) is 10.3 Å². The number of hydrogen-bond donors (Lipinski definition) is 2. The van der Waals surface area contributed by atoms with E-state index in [0.717, 1.165) is 29.4 Å². The Morgan fingerprint density at radius 1 is 1.59 bits per heavy atom. The summed E-state index contributed by atoms with van der Waals surface area (Å²) in [5, 5.41) is 5.64. The summed E-state index contributed by atoms with van der Waals surface area (Å²) in [6.07, 6.45) is 2.11. The van der Waals surface area contributed by atoms with Gasteiger partial charge in [0, 0.05) is 11.4 Å². The van der Waals surface area contributed by atoms with Crippen LogP contribution < -0.4 is 11.1 Å². The number of amides is 1. The number of thioether (sulfide) groups is 1. The summed E-state index contributed by atoms with van der Waals surface area (Å²) in [4.78, 5) is 16.2. The maximum absolute atomic E-state index is 11.9. The van der Waals surface area contributed by atoms with Crippen molar-refractivity contribution in [2.75, 3.05) is 11.5 Å². The van der Waals surface area contributed by atoms with Crippen LogP contribution in [0.1, 0.15) is 41.3 Å². The first-order valence-electron chi connectivity index (χ1n) is 5.76. The van der Waals surface area contributed by atoms with Crippen molar-refractivity contribution < 1.29 is 4.79 Å². The Hall–Kier alpha value is -0.590. The van der Waals surface area contributed by atoms with E-state index < -0.39 is 0 Å². The van der Waals surface area contributed by atoms with Crippen LogP contribution in [0.25, 0.3) is 0 Å². The van der Waals surface area contributed by atoms with Gasteiger partial charge in [-0.25, -0.2) is 4.98 Å². The van der Waals surface area contributed by atoms with Gasteiger partial charge < -0.3 is 11.1 Å². The molecular formula is C11H17N3OS2. The van der Waals surface area contributed by atoms with Crippen LogP contribution in [-0.4, -0.2) is 28.4 Å². The highest BCUT2D eigenvalue weighted by Crippen LogP contribution is 2.19. The molecule has 1 fully saturated rings. The Kier molecular flexibility index (Phi) is 4.42. The number of thiazole rings is 1. The average molecular weight is 271 g/mol. The molecule has 1 aliphatic heterocycles. The van der Waals surface area contributed by atoms with Crippen LogP contribution in [0.15, 0.2) is 5.38 Å². The van der Waals surface area contributed by atoms with Crippen molar-refractivity contribution in [1.29, 1.82) is 0 Å². The normalized spacial score (nSPS) is 18.9. The van der Waals surface area contributed by atoms with E-state index in [1.807, 2.05) is 18.7 Å². The molecule has 6 heteroatoms.